The lowest BCUT2D eigenvalue weighted by Crippen LogP contribution is -2.12. The van der Waals surface area contributed by atoms with Gasteiger partial charge in [0.25, 0.3) is 0 Å². The van der Waals surface area contributed by atoms with E-state index in [9.17, 15) is 0 Å². The Kier molecular flexibility index (Phi) is 4.62. The van der Waals surface area contributed by atoms with Crippen LogP contribution in [0.15, 0.2) is 66.7 Å². The van der Waals surface area contributed by atoms with Gasteiger partial charge < -0.3 is 10.3 Å². The topological polar surface area (TPSA) is 56.7 Å². The van der Waals surface area contributed by atoms with Crippen LogP contribution in [0, 0.1) is 0 Å². The van der Waals surface area contributed by atoms with Crippen molar-refractivity contribution in [3.63, 3.8) is 0 Å². The molecule has 5 aromatic rings. The molecule has 0 saturated heterocycles. The Balaban J connectivity index is 1.83. The summed E-state index contributed by atoms with van der Waals surface area (Å²) in [7, 11) is 0. The fraction of sp³-hybridized carbons (Fsp3) is 0.231. The van der Waals surface area contributed by atoms with Gasteiger partial charge in [-0.2, -0.15) is 0 Å². The number of hydrogen-bond acceptors (Lipinski definition) is 3. The van der Waals surface area contributed by atoms with E-state index >= 15 is 0 Å². The molecule has 150 valence electrons. The highest BCUT2D eigenvalue weighted by Crippen LogP contribution is 2.35. The van der Waals surface area contributed by atoms with Gasteiger partial charge in [0.05, 0.1) is 17.1 Å². The van der Waals surface area contributed by atoms with Crippen molar-refractivity contribution in [1.82, 2.24) is 14.5 Å². The molecule has 30 heavy (non-hydrogen) atoms. The lowest BCUT2D eigenvalue weighted by atomic mass is 9.99. The highest BCUT2D eigenvalue weighted by Gasteiger charge is 2.22. The average molecular weight is 395 g/mol. The Morgan fingerprint density at radius 3 is 2.47 bits per heavy atom. The third kappa shape index (κ3) is 2.91. The number of pyridine rings is 1. The molecule has 0 fully saturated rings. The Morgan fingerprint density at radius 2 is 1.63 bits per heavy atom. The average Bonchev–Trinajstić information content (AvgIpc) is 3.17. The molecule has 0 amide bonds. The zero-order valence-electron chi connectivity index (χ0n) is 17.5. The van der Waals surface area contributed by atoms with Crippen LogP contribution >= 0.6 is 0 Å². The Morgan fingerprint density at radius 1 is 0.900 bits per heavy atom. The molecule has 3 aromatic carbocycles. The van der Waals surface area contributed by atoms with Gasteiger partial charge in [-0.05, 0) is 35.7 Å². The third-order valence-corrected chi connectivity index (χ3v) is 6.04. The third-order valence-electron chi connectivity index (χ3n) is 6.04. The number of nitrogens with two attached hydrogens (primary N) is 1. The minimum atomic E-state index is 0.123. The van der Waals surface area contributed by atoms with Gasteiger partial charge >= 0.3 is 0 Å². The van der Waals surface area contributed by atoms with Crippen LogP contribution in [0.2, 0.25) is 0 Å². The summed E-state index contributed by atoms with van der Waals surface area (Å²) in [6.07, 6.45) is 3.14. The maximum absolute atomic E-state index is 6.38. The molecule has 0 saturated carbocycles. The molecule has 0 spiro atoms. The molecule has 2 aromatic heterocycles. The van der Waals surface area contributed by atoms with Gasteiger partial charge in [0.2, 0.25) is 0 Å². The van der Waals surface area contributed by atoms with Crippen LogP contribution in [-0.4, -0.2) is 14.5 Å². The van der Waals surface area contributed by atoms with Crippen LogP contribution in [0.1, 0.15) is 44.1 Å². The van der Waals surface area contributed by atoms with Crippen molar-refractivity contribution in [2.24, 2.45) is 0 Å². The van der Waals surface area contributed by atoms with Crippen molar-refractivity contribution < 1.29 is 0 Å². The Hall–Kier alpha value is -3.40. The lowest BCUT2D eigenvalue weighted by molar-refractivity contribution is 0.607. The first-order valence-electron chi connectivity index (χ1n) is 10.7. The highest BCUT2D eigenvalue weighted by atomic mass is 15.1. The zero-order chi connectivity index (χ0) is 20.7. The minimum Gasteiger partial charge on any atom is -0.382 e. The first-order valence-corrected chi connectivity index (χ1v) is 10.7. The first kappa shape index (κ1) is 18.6. The van der Waals surface area contributed by atoms with E-state index in [1.807, 2.05) is 12.1 Å². The molecule has 1 unspecified atom stereocenters. The summed E-state index contributed by atoms with van der Waals surface area (Å²) in [6.45, 7) is 4.48. The van der Waals surface area contributed by atoms with Crippen molar-refractivity contribution in [2.75, 3.05) is 5.73 Å². The Labute approximate surface area is 176 Å². The number of nitrogen functional groups attached to an aromatic ring is 1. The summed E-state index contributed by atoms with van der Waals surface area (Å²) < 4.78 is 2.40. The van der Waals surface area contributed by atoms with Crippen molar-refractivity contribution in [3.05, 3.63) is 78.1 Å². The molecule has 2 heterocycles. The lowest BCUT2D eigenvalue weighted by Gasteiger charge is -2.21. The van der Waals surface area contributed by atoms with Crippen molar-refractivity contribution in [3.8, 4) is 0 Å². The SMILES string of the molecule is CCCCc1nc2c(N)nc3ccccc3c2n1C(C)c1cccc2ccccc12. The first-order chi connectivity index (χ1) is 14.7. The minimum absolute atomic E-state index is 0.123. The summed E-state index contributed by atoms with van der Waals surface area (Å²) >= 11 is 0. The molecule has 0 aliphatic rings. The fourth-order valence-corrected chi connectivity index (χ4v) is 4.55. The van der Waals surface area contributed by atoms with E-state index in [4.69, 9.17) is 10.7 Å². The molecule has 0 radical (unpaired) electrons. The van der Waals surface area contributed by atoms with E-state index in [0.29, 0.717) is 5.82 Å². The molecular formula is C26H26N4. The second-order valence-electron chi connectivity index (χ2n) is 7.96. The van der Waals surface area contributed by atoms with Gasteiger partial charge in [-0.3, -0.25) is 0 Å². The molecule has 5 rings (SSSR count). The highest BCUT2D eigenvalue weighted by molar-refractivity contribution is 6.06. The van der Waals surface area contributed by atoms with Gasteiger partial charge in [-0.1, -0.05) is 74.0 Å². The molecule has 0 aliphatic carbocycles. The molecule has 0 aliphatic heterocycles. The summed E-state index contributed by atoms with van der Waals surface area (Å²) in [6, 6.07) is 23.5. The molecule has 4 heteroatoms. The number of imidazole rings is 1. The van der Waals surface area contributed by atoms with Crippen molar-refractivity contribution >= 4 is 38.5 Å². The predicted molar refractivity (Wildman–Crippen MR) is 126 cm³/mol. The fourth-order valence-electron chi connectivity index (χ4n) is 4.55. The van der Waals surface area contributed by atoms with Gasteiger partial charge in [-0.25, -0.2) is 9.97 Å². The number of unbranched alkanes of at least 4 members (excludes halogenated alkanes) is 1. The second kappa shape index (κ2) is 7.45. The summed E-state index contributed by atoms with van der Waals surface area (Å²) in [4.78, 5) is 9.62. The Bertz CT molecular complexity index is 1360. The smallest absolute Gasteiger partial charge is 0.152 e. The number of benzene rings is 3. The van der Waals surface area contributed by atoms with Gasteiger partial charge in [0.1, 0.15) is 11.3 Å². The number of nitrogens with zero attached hydrogens (tertiary/aromatic N) is 3. The van der Waals surface area contributed by atoms with Crippen LogP contribution in [0.5, 0.6) is 0 Å². The standard InChI is InChI=1S/C26H26N4/c1-3-4-16-23-29-24-25(21-13-7-8-15-22(21)28-26(24)27)30(23)17(2)19-14-9-11-18-10-5-6-12-20(18)19/h5-15,17H,3-4,16H2,1-2H3,(H2,27,28). The predicted octanol–water partition coefficient (Wildman–Crippen LogP) is 6.27. The van der Waals surface area contributed by atoms with E-state index in [1.54, 1.807) is 0 Å². The van der Waals surface area contributed by atoms with E-state index in [1.165, 1.54) is 16.3 Å². The van der Waals surface area contributed by atoms with Crippen LogP contribution in [-0.2, 0) is 6.42 Å². The quantitative estimate of drug-likeness (QED) is 0.382. The van der Waals surface area contributed by atoms with Crippen LogP contribution in [0.25, 0.3) is 32.7 Å². The van der Waals surface area contributed by atoms with Gasteiger partial charge in [-0.15, -0.1) is 0 Å². The molecule has 4 nitrogen and oxygen atoms in total. The van der Waals surface area contributed by atoms with Gasteiger partial charge in [0, 0.05) is 11.8 Å². The normalized spacial score (nSPS) is 12.7. The van der Waals surface area contributed by atoms with E-state index in [0.717, 1.165) is 47.0 Å². The summed E-state index contributed by atoms with van der Waals surface area (Å²) in [5.74, 6) is 1.59. The summed E-state index contributed by atoms with van der Waals surface area (Å²) in [5, 5.41) is 3.64. The number of anilines is 1. The maximum atomic E-state index is 6.38. The van der Waals surface area contributed by atoms with Crippen LogP contribution in [0.3, 0.4) is 0 Å². The molecule has 2 N–H and O–H groups in total. The maximum Gasteiger partial charge on any atom is 0.152 e. The van der Waals surface area contributed by atoms with Crippen LogP contribution < -0.4 is 5.73 Å². The number of para-hydroxylation sites is 1. The number of aryl methyl sites for hydroxylation is 1. The summed E-state index contributed by atoms with van der Waals surface area (Å²) in [5.41, 5.74) is 10.5. The molecule has 0 bridgehead atoms. The largest absolute Gasteiger partial charge is 0.382 e. The van der Waals surface area contributed by atoms with Crippen molar-refractivity contribution in [2.45, 2.75) is 39.2 Å². The number of aromatic nitrogens is 3. The van der Waals surface area contributed by atoms with E-state index in [-0.39, 0.29) is 6.04 Å². The molecule has 1 atom stereocenters. The second-order valence-corrected chi connectivity index (χ2v) is 7.96. The monoisotopic (exact) mass is 394 g/mol. The van der Waals surface area contributed by atoms with Gasteiger partial charge in [0.15, 0.2) is 5.82 Å². The number of hydrogen-bond donors (Lipinski definition) is 1. The van der Waals surface area contributed by atoms with E-state index < -0.39 is 0 Å². The number of rotatable bonds is 5. The van der Waals surface area contributed by atoms with Crippen molar-refractivity contribution in [1.29, 1.82) is 0 Å². The van der Waals surface area contributed by atoms with E-state index in [2.05, 4.69) is 78.0 Å². The number of fused-ring (bicyclic) bond motifs is 4. The molecular weight excluding hydrogens is 368 g/mol. The van der Waals surface area contributed by atoms with Crippen LogP contribution in [0.4, 0.5) is 5.82 Å². The zero-order valence-corrected chi connectivity index (χ0v) is 17.5.